The Kier molecular flexibility index (Phi) is 7.08. The molecule has 2 aromatic heterocycles. The number of rotatable bonds is 6. The highest BCUT2D eigenvalue weighted by atomic mass is 16.3. The molecule has 8 aromatic carbocycles. The Hall–Kier alpha value is -7.23. The van der Waals surface area contributed by atoms with Gasteiger partial charge in [-0.2, -0.15) is 0 Å². The van der Waals surface area contributed by atoms with Crippen molar-refractivity contribution in [2.45, 2.75) is 5.41 Å². The maximum Gasteiger partial charge on any atom is 0.153 e. The summed E-state index contributed by atoms with van der Waals surface area (Å²) in [5.41, 5.74) is 13.0. The fourth-order valence-corrected chi connectivity index (χ4v) is 8.94. The Morgan fingerprint density at radius 1 is 0.436 bits per heavy atom. The second-order valence-electron chi connectivity index (χ2n) is 14.3. The topological polar surface area (TPSA) is 29.3 Å². The lowest BCUT2D eigenvalue weighted by molar-refractivity contribution is 0.670. The van der Waals surface area contributed by atoms with Crippen LogP contribution in [0.25, 0.3) is 55.0 Å². The summed E-state index contributed by atoms with van der Waals surface area (Å²) in [6.45, 7) is 0. The molecule has 55 heavy (non-hydrogen) atoms. The number of furan rings is 1. The van der Waals surface area contributed by atoms with Crippen molar-refractivity contribution in [3.05, 3.63) is 229 Å². The summed E-state index contributed by atoms with van der Waals surface area (Å²) in [6.07, 6.45) is 1.88. The van der Waals surface area contributed by atoms with Crippen molar-refractivity contribution in [2.75, 3.05) is 4.90 Å². The third kappa shape index (κ3) is 4.80. The SMILES string of the molecule is c1ccc(-c2ccc(N(c3ccc4c(c3)C(c3ccccc3)(c3ccccc3)c3ccccc3-4)c3cc4c(cn3)oc3c5ccccc5ccc43)cc2)cc1. The van der Waals surface area contributed by atoms with E-state index >= 15 is 0 Å². The van der Waals surface area contributed by atoms with Gasteiger partial charge < -0.3 is 4.42 Å². The summed E-state index contributed by atoms with van der Waals surface area (Å²) in [4.78, 5) is 7.42. The normalized spacial score (nSPS) is 12.9. The van der Waals surface area contributed by atoms with Gasteiger partial charge in [0.2, 0.25) is 0 Å². The van der Waals surface area contributed by atoms with Crippen LogP contribution in [0.5, 0.6) is 0 Å². The summed E-state index contributed by atoms with van der Waals surface area (Å²) in [5, 5.41) is 4.37. The predicted molar refractivity (Wildman–Crippen MR) is 226 cm³/mol. The van der Waals surface area contributed by atoms with E-state index in [1.807, 2.05) is 6.20 Å². The summed E-state index contributed by atoms with van der Waals surface area (Å²) < 4.78 is 6.52. The Morgan fingerprint density at radius 3 is 1.82 bits per heavy atom. The van der Waals surface area contributed by atoms with Crippen molar-refractivity contribution in [2.24, 2.45) is 0 Å². The number of hydrogen-bond acceptors (Lipinski definition) is 3. The molecule has 1 aliphatic carbocycles. The largest absolute Gasteiger partial charge is 0.454 e. The number of hydrogen-bond donors (Lipinski definition) is 0. The number of aromatic nitrogens is 1. The van der Waals surface area contributed by atoms with Gasteiger partial charge in [-0.05, 0) is 86.3 Å². The zero-order valence-electron chi connectivity index (χ0n) is 29.9. The minimum absolute atomic E-state index is 0.521. The lowest BCUT2D eigenvalue weighted by Gasteiger charge is -2.34. The maximum atomic E-state index is 6.52. The molecule has 2 heterocycles. The van der Waals surface area contributed by atoms with Crippen molar-refractivity contribution in [1.82, 2.24) is 4.98 Å². The Balaban J connectivity index is 1.16. The molecule has 0 N–H and O–H groups in total. The van der Waals surface area contributed by atoms with Crippen LogP contribution < -0.4 is 4.90 Å². The third-order valence-electron chi connectivity index (χ3n) is 11.4. The summed E-state index contributed by atoms with van der Waals surface area (Å²) in [7, 11) is 0. The van der Waals surface area contributed by atoms with Crippen molar-refractivity contribution in [1.29, 1.82) is 0 Å². The van der Waals surface area contributed by atoms with Crippen LogP contribution in [0.3, 0.4) is 0 Å². The molecule has 0 fully saturated rings. The highest BCUT2D eigenvalue weighted by Gasteiger charge is 2.46. The van der Waals surface area contributed by atoms with Crippen LogP contribution in [0.1, 0.15) is 22.3 Å². The van der Waals surface area contributed by atoms with Gasteiger partial charge >= 0.3 is 0 Å². The molecule has 11 rings (SSSR count). The second kappa shape index (κ2) is 12.4. The van der Waals surface area contributed by atoms with Crippen molar-refractivity contribution in [3.8, 4) is 22.3 Å². The van der Waals surface area contributed by atoms with Gasteiger partial charge in [0, 0.05) is 27.5 Å². The van der Waals surface area contributed by atoms with Crippen LogP contribution in [0, 0.1) is 0 Å². The van der Waals surface area contributed by atoms with E-state index in [-0.39, 0.29) is 0 Å². The molecule has 0 unspecified atom stereocenters. The van der Waals surface area contributed by atoms with Gasteiger partial charge in [-0.15, -0.1) is 0 Å². The molecule has 1 aliphatic rings. The third-order valence-corrected chi connectivity index (χ3v) is 11.4. The lowest BCUT2D eigenvalue weighted by Crippen LogP contribution is -2.28. The van der Waals surface area contributed by atoms with E-state index in [1.165, 1.54) is 38.9 Å². The summed E-state index contributed by atoms with van der Waals surface area (Å²) in [6, 6.07) is 72.1. The van der Waals surface area contributed by atoms with Crippen LogP contribution in [-0.2, 0) is 5.41 Å². The molecular formula is C52H34N2O. The molecule has 258 valence electrons. The summed E-state index contributed by atoms with van der Waals surface area (Å²) >= 11 is 0. The maximum absolute atomic E-state index is 6.52. The van der Waals surface area contributed by atoms with E-state index < -0.39 is 5.41 Å². The van der Waals surface area contributed by atoms with Gasteiger partial charge in [0.1, 0.15) is 11.4 Å². The van der Waals surface area contributed by atoms with E-state index in [4.69, 9.17) is 9.40 Å². The average molecular weight is 703 g/mol. The molecular weight excluding hydrogens is 669 g/mol. The van der Waals surface area contributed by atoms with Crippen LogP contribution in [0.2, 0.25) is 0 Å². The number of anilines is 3. The van der Waals surface area contributed by atoms with E-state index in [1.54, 1.807) is 0 Å². The minimum atomic E-state index is -0.521. The first kappa shape index (κ1) is 31.3. The van der Waals surface area contributed by atoms with Gasteiger partial charge in [-0.1, -0.05) is 164 Å². The van der Waals surface area contributed by atoms with Gasteiger partial charge in [0.05, 0.1) is 11.6 Å². The zero-order valence-corrected chi connectivity index (χ0v) is 29.9. The first-order valence-corrected chi connectivity index (χ1v) is 18.8. The molecule has 0 aliphatic heterocycles. The molecule has 0 spiro atoms. The molecule has 3 heteroatoms. The van der Waals surface area contributed by atoms with Crippen LogP contribution >= 0.6 is 0 Å². The molecule has 10 aromatic rings. The second-order valence-corrected chi connectivity index (χ2v) is 14.3. The number of benzene rings is 8. The highest BCUT2D eigenvalue weighted by Crippen LogP contribution is 2.57. The van der Waals surface area contributed by atoms with Crippen molar-refractivity contribution >= 4 is 49.9 Å². The molecule has 0 radical (unpaired) electrons. The standard InChI is InChI=1S/C52H34N2O/c1-4-14-35(15-5-1)36-24-27-40(28-25-36)54(50-33-46-45-30-26-37-16-10-11-21-42(37)51(45)55-49(46)34-53-50)41-29-31-44-43-22-12-13-23-47(43)52(48(44)32-41,38-17-6-2-7-18-38)39-19-8-3-9-20-39/h1-34H. The smallest absolute Gasteiger partial charge is 0.153 e. The zero-order chi connectivity index (χ0) is 36.3. The average Bonchev–Trinajstić information content (AvgIpc) is 3.79. The molecule has 3 nitrogen and oxygen atoms in total. The van der Waals surface area contributed by atoms with E-state index in [2.05, 4.69) is 205 Å². The Labute approximate surface area is 319 Å². The fourth-order valence-electron chi connectivity index (χ4n) is 8.94. The molecule has 0 amide bonds. The minimum Gasteiger partial charge on any atom is -0.454 e. The van der Waals surface area contributed by atoms with Crippen molar-refractivity contribution < 1.29 is 4.42 Å². The van der Waals surface area contributed by atoms with Gasteiger partial charge in [0.25, 0.3) is 0 Å². The van der Waals surface area contributed by atoms with Gasteiger partial charge in [0.15, 0.2) is 5.58 Å². The van der Waals surface area contributed by atoms with E-state index in [9.17, 15) is 0 Å². The van der Waals surface area contributed by atoms with Crippen LogP contribution in [0.15, 0.2) is 211 Å². The van der Waals surface area contributed by atoms with Gasteiger partial charge in [-0.3, -0.25) is 4.90 Å². The van der Waals surface area contributed by atoms with Crippen LogP contribution in [-0.4, -0.2) is 4.98 Å². The predicted octanol–water partition coefficient (Wildman–Crippen LogP) is 13.6. The van der Waals surface area contributed by atoms with Gasteiger partial charge in [-0.25, -0.2) is 4.98 Å². The lowest BCUT2D eigenvalue weighted by atomic mass is 9.67. The Morgan fingerprint density at radius 2 is 1.05 bits per heavy atom. The number of pyridine rings is 1. The summed E-state index contributed by atoms with van der Waals surface area (Å²) in [5.74, 6) is 0.816. The molecule has 0 atom stereocenters. The highest BCUT2D eigenvalue weighted by molar-refractivity contribution is 6.15. The first-order valence-electron chi connectivity index (χ1n) is 18.8. The van der Waals surface area contributed by atoms with E-state index in [0.717, 1.165) is 55.5 Å². The quantitative estimate of drug-likeness (QED) is 0.173. The molecule has 0 saturated carbocycles. The fraction of sp³-hybridized carbons (Fsp3) is 0.0192. The van der Waals surface area contributed by atoms with Crippen molar-refractivity contribution in [3.63, 3.8) is 0 Å². The number of nitrogens with zero attached hydrogens (tertiary/aromatic N) is 2. The first-order chi connectivity index (χ1) is 27.3. The molecule has 0 saturated heterocycles. The monoisotopic (exact) mass is 702 g/mol. The van der Waals surface area contributed by atoms with Crippen LogP contribution in [0.4, 0.5) is 17.2 Å². The molecule has 0 bridgehead atoms. The Bertz CT molecular complexity index is 2980. The number of fused-ring (bicyclic) bond motifs is 8. The van der Waals surface area contributed by atoms with E-state index in [0.29, 0.717) is 0 Å².